The van der Waals surface area contributed by atoms with Crippen molar-refractivity contribution in [2.75, 3.05) is 38.1 Å². The van der Waals surface area contributed by atoms with E-state index < -0.39 is 6.10 Å². The number of carbonyl (C=O) groups is 2. The van der Waals surface area contributed by atoms with E-state index in [1.165, 1.54) is 11.3 Å². The summed E-state index contributed by atoms with van der Waals surface area (Å²) in [4.78, 5) is 31.2. The summed E-state index contributed by atoms with van der Waals surface area (Å²) in [6.45, 7) is 4.31. The molecule has 2 aromatic rings. The minimum absolute atomic E-state index is 0.0880. The van der Waals surface area contributed by atoms with E-state index in [4.69, 9.17) is 9.47 Å². The van der Waals surface area contributed by atoms with Crippen LogP contribution in [-0.4, -0.2) is 66.5 Å². The third-order valence-electron chi connectivity index (χ3n) is 7.11. The quantitative estimate of drug-likeness (QED) is 0.656. The molecule has 3 heterocycles. The highest BCUT2D eigenvalue weighted by atomic mass is 32.1. The van der Waals surface area contributed by atoms with Gasteiger partial charge in [0.15, 0.2) is 11.5 Å². The van der Waals surface area contributed by atoms with Gasteiger partial charge in [0.1, 0.15) is 17.7 Å². The Kier molecular flexibility index (Phi) is 6.93. The van der Waals surface area contributed by atoms with Crippen molar-refractivity contribution in [3.8, 4) is 17.6 Å². The minimum Gasteiger partial charge on any atom is -0.485 e. The van der Waals surface area contributed by atoms with Gasteiger partial charge in [-0.05, 0) is 50.3 Å². The number of nitrogens with one attached hydrogen (secondary N) is 1. The summed E-state index contributed by atoms with van der Waals surface area (Å²) in [5.74, 6) is 1.04. The first-order valence-electron chi connectivity index (χ1n) is 12.3. The van der Waals surface area contributed by atoms with E-state index in [0.717, 1.165) is 31.2 Å². The number of nitriles is 1. The molecule has 0 bridgehead atoms. The molecule has 184 valence electrons. The van der Waals surface area contributed by atoms with Crippen molar-refractivity contribution >= 4 is 28.2 Å². The molecule has 5 rings (SSSR count). The van der Waals surface area contributed by atoms with Gasteiger partial charge in [-0.1, -0.05) is 18.6 Å². The third-order valence-corrected chi connectivity index (χ3v) is 8.31. The number of fused-ring (bicyclic) bond motifs is 2. The van der Waals surface area contributed by atoms with Crippen molar-refractivity contribution in [2.45, 2.75) is 51.2 Å². The van der Waals surface area contributed by atoms with Gasteiger partial charge < -0.3 is 19.7 Å². The Bertz CT molecular complexity index is 1150. The molecule has 3 aliphatic rings. The SMILES string of the molecule is C[C@H](C(=O)Nc1sc2c(c1C#N)CCCCC2)N1CCN(C(=O)[C@@H]2COc3ccccc3O2)CC1. The number of amides is 2. The second-order valence-electron chi connectivity index (χ2n) is 9.27. The number of benzene rings is 1. The molecule has 8 nitrogen and oxygen atoms in total. The molecule has 1 aliphatic carbocycles. The largest absolute Gasteiger partial charge is 0.485 e. The maximum Gasteiger partial charge on any atom is 0.267 e. The lowest BCUT2D eigenvalue weighted by Crippen LogP contribution is -2.57. The maximum atomic E-state index is 13.1. The molecule has 0 saturated carbocycles. The van der Waals surface area contributed by atoms with Crippen LogP contribution in [0.3, 0.4) is 0 Å². The summed E-state index contributed by atoms with van der Waals surface area (Å²) in [6.07, 6.45) is 4.66. The van der Waals surface area contributed by atoms with Crippen LogP contribution in [0, 0.1) is 11.3 Å². The van der Waals surface area contributed by atoms with Gasteiger partial charge in [-0.25, -0.2) is 0 Å². The van der Waals surface area contributed by atoms with Crippen LogP contribution in [0.4, 0.5) is 5.00 Å². The summed E-state index contributed by atoms with van der Waals surface area (Å²) in [7, 11) is 0. The molecule has 35 heavy (non-hydrogen) atoms. The van der Waals surface area contributed by atoms with Gasteiger partial charge in [-0.3, -0.25) is 14.5 Å². The topological polar surface area (TPSA) is 94.9 Å². The number of hydrogen-bond donors (Lipinski definition) is 1. The molecule has 1 aromatic heterocycles. The van der Waals surface area contributed by atoms with E-state index in [-0.39, 0.29) is 24.5 Å². The molecular weight excluding hydrogens is 464 g/mol. The Morgan fingerprint density at radius 1 is 1.11 bits per heavy atom. The number of rotatable bonds is 4. The predicted octanol–water partition coefficient (Wildman–Crippen LogP) is 3.20. The molecule has 1 fully saturated rings. The monoisotopic (exact) mass is 494 g/mol. The van der Waals surface area contributed by atoms with Crippen molar-refractivity contribution in [3.05, 3.63) is 40.3 Å². The van der Waals surface area contributed by atoms with Crippen LogP contribution >= 0.6 is 11.3 Å². The summed E-state index contributed by atoms with van der Waals surface area (Å²) < 4.78 is 11.6. The highest BCUT2D eigenvalue weighted by Crippen LogP contribution is 2.37. The first-order valence-corrected chi connectivity index (χ1v) is 13.1. The molecule has 0 unspecified atom stereocenters. The lowest BCUT2D eigenvalue weighted by molar-refractivity contribution is -0.143. The fourth-order valence-corrected chi connectivity index (χ4v) is 6.25. The minimum atomic E-state index is -0.657. The van der Waals surface area contributed by atoms with Crippen LogP contribution < -0.4 is 14.8 Å². The van der Waals surface area contributed by atoms with E-state index in [2.05, 4.69) is 16.3 Å². The molecule has 2 atom stereocenters. The summed E-state index contributed by atoms with van der Waals surface area (Å²) in [5, 5.41) is 13.4. The zero-order valence-corrected chi connectivity index (χ0v) is 20.7. The zero-order chi connectivity index (χ0) is 24.4. The molecule has 2 amide bonds. The number of anilines is 1. The predicted molar refractivity (Wildman–Crippen MR) is 133 cm³/mol. The van der Waals surface area contributed by atoms with Crippen molar-refractivity contribution < 1.29 is 19.1 Å². The fourth-order valence-electron chi connectivity index (χ4n) is 5.01. The molecule has 9 heteroatoms. The van der Waals surface area contributed by atoms with Gasteiger partial charge in [-0.15, -0.1) is 11.3 Å². The van der Waals surface area contributed by atoms with Crippen LogP contribution in [0.15, 0.2) is 24.3 Å². The number of para-hydroxylation sites is 2. The van der Waals surface area contributed by atoms with Gasteiger partial charge in [-0.2, -0.15) is 5.26 Å². The van der Waals surface area contributed by atoms with Crippen molar-refractivity contribution in [3.63, 3.8) is 0 Å². The Hall–Kier alpha value is -3.09. The van der Waals surface area contributed by atoms with Gasteiger partial charge in [0.05, 0.1) is 11.6 Å². The van der Waals surface area contributed by atoms with E-state index in [9.17, 15) is 14.9 Å². The van der Waals surface area contributed by atoms with Crippen LogP contribution in [0.2, 0.25) is 0 Å². The Labute approximate surface area is 209 Å². The summed E-state index contributed by atoms with van der Waals surface area (Å²) >= 11 is 1.56. The van der Waals surface area contributed by atoms with Crippen molar-refractivity contribution in [2.24, 2.45) is 0 Å². The summed E-state index contributed by atoms with van der Waals surface area (Å²) in [6, 6.07) is 9.32. The molecule has 1 N–H and O–H groups in total. The van der Waals surface area contributed by atoms with E-state index in [0.29, 0.717) is 48.2 Å². The Morgan fingerprint density at radius 2 is 1.86 bits per heavy atom. The molecule has 2 aliphatic heterocycles. The number of thiophene rings is 1. The standard InChI is InChI=1S/C26H30N4O4S/c1-17(24(31)28-25-19(15-27)18-7-3-2-4-10-23(18)35-25)29-11-13-30(14-12-29)26(32)22-16-33-20-8-5-6-9-21(20)34-22/h5-6,8-9,17,22H,2-4,7,10-14,16H2,1H3,(H,28,31)/t17-,22+/m1/s1. The molecule has 1 aromatic carbocycles. The van der Waals surface area contributed by atoms with Crippen LogP contribution in [0.5, 0.6) is 11.5 Å². The van der Waals surface area contributed by atoms with Crippen LogP contribution in [-0.2, 0) is 22.4 Å². The van der Waals surface area contributed by atoms with E-state index in [1.807, 2.05) is 25.1 Å². The van der Waals surface area contributed by atoms with Gasteiger partial charge >= 0.3 is 0 Å². The first kappa shape index (κ1) is 23.6. The maximum absolute atomic E-state index is 13.1. The Morgan fingerprint density at radius 3 is 2.63 bits per heavy atom. The van der Waals surface area contributed by atoms with Gasteiger partial charge in [0.25, 0.3) is 5.91 Å². The normalized spacial score (nSPS) is 20.8. The van der Waals surface area contributed by atoms with Gasteiger partial charge in [0, 0.05) is 31.1 Å². The van der Waals surface area contributed by atoms with Gasteiger partial charge in [0.2, 0.25) is 12.0 Å². The van der Waals surface area contributed by atoms with E-state index in [1.54, 1.807) is 22.3 Å². The van der Waals surface area contributed by atoms with Crippen LogP contribution in [0.1, 0.15) is 42.2 Å². The second kappa shape index (κ2) is 10.3. The smallest absolute Gasteiger partial charge is 0.267 e. The lowest BCUT2D eigenvalue weighted by atomic mass is 10.1. The highest BCUT2D eigenvalue weighted by Gasteiger charge is 2.34. The number of aryl methyl sites for hydroxylation is 1. The number of piperazine rings is 1. The Balaban J connectivity index is 1.16. The third kappa shape index (κ3) is 4.86. The number of hydrogen-bond acceptors (Lipinski definition) is 7. The number of carbonyl (C=O) groups excluding carboxylic acids is 2. The lowest BCUT2D eigenvalue weighted by Gasteiger charge is -2.39. The highest BCUT2D eigenvalue weighted by molar-refractivity contribution is 7.16. The number of nitrogens with zero attached hydrogens (tertiary/aromatic N) is 3. The van der Waals surface area contributed by atoms with Crippen molar-refractivity contribution in [1.29, 1.82) is 5.26 Å². The average Bonchev–Trinajstić information content (AvgIpc) is 3.05. The van der Waals surface area contributed by atoms with Crippen LogP contribution in [0.25, 0.3) is 0 Å². The second-order valence-corrected chi connectivity index (χ2v) is 10.4. The fraction of sp³-hybridized carbons (Fsp3) is 0.500. The average molecular weight is 495 g/mol. The van der Waals surface area contributed by atoms with Crippen molar-refractivity contribution in [1.82, 2.24) is 9.80 Å². The molecular formula is C26H30N4O4S. The molecule has 0 spiro atoms. The summed E-state index contributed by atoms with van der Waals surface area (Å²) in [5.41, 5.74) is 1.76. The first-order chi connectivity index (χ1) is 17.0. The van der Waals surface area contributed by atoms with E-state index >= 15 is 0 Å². The zero-order valence-electron chi connectivity index (χ0n) is 19.9. The number of ether oxygens (including phenoxy) is 2. The molecule has 0 radical (unpaired) electrons. The molecule has 1 saturated heterocycles.